The number of hydrogen-bond acceptors (Lipinski definition) is 2. The largest absolute Gasteiger partial charge is 0.309 e. The minimum atomic E-state index is -0.319. The van der Waals surface area contributed by atoms with Crippen LogP contribution >= 0.6 is 15.9 Å². The first-order valence-corrected chi connectivity index (χ1v) is 12.0. The van der Waals surface area contributed by atoms with Crippen molar-refractivity contribution < 1.29 is 4.92 Å². The van der Waals surface area contributed by atoms with Crippen molar-refractivity contribution in [3.8, 4) is 27.9 Å². The number of nitro groups is 1. The lowest BCUT2D eigenvalue weighted by Gasteiger charge is -2.11. The first-order valence-electron chi connectivity index (χ1n) is 11.2. The highest BCUT2D eigenvalue weighted by Gasteiger charge is 2.23. The van der Waals surface area contributed by atoms with Gasteiger partial charge in [-0.3, -0.25) is 10.1 Å². The Hall–Kier alpha value is -4.22. The Balaban J connectivity index is 1.63. The van der Waals surface area contributed by atoms with Crippen molar-refractivity contribution in [2.24, 2.45) is 0 Å². The van der Waals surface area contributed by atoms with E-state index in [9.17, 15) is 10.1 Å². The fourth-order valence-electron chi connectivity index (χ4n) is 4.87. The van der Waals surface area contributed by atoms with Crippen LogP contribution in [0.4, 0.5) is 5.69 Å². The number of nitrogens with zero attached hydrogens (tertiary/aromatic N) is 2. The summed E-state index contributed by atoms with van der Waals surface area (Å²) in [7, 11) is 0. The monoisotopic (exact) mass is 518 g/mol. The summed E-state index contributed by atoms with van der Waals surface area (Å²) < 4.78 is 2.93. The molecule has 35 heavy (non-hydrogen) atoms. The van der Waals surface area contributed by atoms with Gasteiger partial charge >= 0.3 is 0 Å². The molecule has 6 rings (SSSR count). The van der Waals surface area contributed by atoms with Crippen molar-refractivity contribution in [2.45, 2.75) is 0 Å². The third-order valence-electron chi connectivity index (χ3n) is 6.39. The van der Waals surface area contributed by atoms with Crippen LogP contribution in [-0.2, 0) is 0 Å². The number of rotatable bonds is 4. The van der Waals surface area contributed by atoms with E-state index in [2.05, 4.69) is 75.1 Å². The molecule has 0 bridgehead atoms. The molecular formula is C30H19BrN2O2. The Bertz CT molecular complexity index is 1720. The molecule has 0 N–H and O–H groups in total. The number of para-hydroxylation sites is 1. The van der Waals surface area contributed by atoms with Gasteiger partial charge in [-0.15, -0.1) is 0 Å². The minimum Gasteiger partial charge on any atom is -0.309 e. The molecule has 0 spiro atoms. The van der Waals surface area contributed by atoms with Gasteiger partial charge in [0.05, 0.1) is 21.5 Å². The number of benzene rings is 5. The average Bonchev–Trinajstić information content (AvgIpc) is 3.24. The molecule has 0 saturated heterocycles. The molecule has 0 saturated carbocycles. The lowest BCUT2D eigenvalue weighted by atomic mass is 9.98. The summed E-state index contributed by atoms with van der Waals surface area (Å²) >= 11 is 3.57. The highest BCUT2D eigenvalue weighted by molar-refractivity contribution is 9.10. The molecule has 1 aromatic heterocycles. The summed E-state index contributed by atoms with van der Waals surface area (Å²) in [5, 5.41) is 13.9. The molecule has 1 heterocycles. The summed E-state index contributed by atoms with van der Waals surface area (Å²) in [6, 6.07) is 38.1. The number of aromatic nitrogens is 1. The molecular weight excluding hydrogens is 500 g/mol. The predicted molar refractivity (Wildman–Crippen MR) is 146 cm³/mol. The van der Waals surface area contributed by atoms with Crippen LogP contribution < -0.4 is 0 Å². The average molecular weight is 519 g/mol. The molecule has 0 aliphatic carbocycles. The van der Waals surface area contributed by atoms with Gasteiger partial charge in [0.25, 0.3) is 5.69 Å². The van der Waals surface area contributed by atoms with E-state index in [1.54, 1.807) is 12.1 Å². The summed E-state index contributed by atoms with van der Waals surface area (Å²) in [5.74, 6) is 0. The van der Waals surface area contributed by atoms with Crippen LogP contribution in [0.1, 0.15) is 0 Å². The quantitative estimate of drug-likeness (QED) is 0.173. The molecule has 4 nitrogen and oxygen atoms in total. The van der Waals surface area contributed by atoms with Crippen molar-refractivity contribution in [1.29, 1.82) is 0 Å². The van der Waals surface area contributed by atoms with Gasteiger partial charge in [-0.05, 0) is 63.0 Å². The standard InChI is InChI=1S/C30H19BrN2O2/c31-25-12-7-15-28(33(34)35)30(25)24-11-6-14-27-29(24)23-10-4-5-13-26(23)32(27)22-18-16-21(17-19-22)20-8-2-1-3-9-20/h1-19H. The lowest BCUT2D eigenvalue weighted by molar-refractivity contribution is -0.384. The van der Waals surface area contributed by atoms with Crippen LogP contribution in [0.25, 0.3) is 49.7 Å². The molecule has 5 aromatic carbocycles. The Morgan fingerprint density at radius 2 is 1.31 bits per heavy atom. The van der Waals surface area contributed by atoms with Gasteiger partial charge in [0, 0.05) is 27.0 Å². The van der Waals surface area contributed by atoms with Crippen molar-refractivity contribution in [3.05, 3.63) is 130 Å². The second-order valence-corrected chi connectivity index (χ2v) is 9.21. The van der Waals surface area contributed by atoms with E-state index >= 15 is 0 Å². The Kier molecular flexibility index (Phi) is 5.20. The van der Waals surface area contributed by atoms with E-state index in [0.29, 0.717) is 10.0 Å². The van der Waals surface area contributed by atoms with E-state index in [4.69, 9.17) is 0 Å². The lowest BCUT2D eigenvalue weighted by Crippen LogP contribution is -1.95. The van der Waals surface area contributed by atoms with Gasteiger partial charge in [0.1, 0.15) is 0 Å². The van der Waals surface area contributed by atoms with Crippen LogP contribution in [0.5, 0.6) is 0 Å². The zero-order valence-electron chi connectivity index (χ0n) is 18.6. The Morgan fingerprint density at radius 3 is 2.09 bits per heavy atom. The SMILES string of the molecule is O=[N+]([O-])c1cccc(Br)c1-c1cccc2c1c1ccccc1n2-c1ccc(-c2ccccc2)cc1. The Morgan fingerprint density at radius 1 is 0.657 bits per heavy atom. The van der Waals surface area contributed by atoms with Crippen LogP contribution in [0.2, 0.25) is 0 Å². The summed E-state index contributed by atoms with van der Waals surface area (Å²) in [5.41, 5.74) is 6.91. The molecule has 0 aliphatic rings. The van der Waals surface area contributed by atoms with Crippen LogP contribution in [0, 0.1) is 10.1 Å². The molecule has 0 aliphatic heterocycles. The maximum absolute atomic E-state index is 11.9. The minimum absolute atomic E-state index is 0.0796. The highest BCUT2D eigenvalue weighted by Crippen LogP contribution is 2.44. The molecule has 0 radical (unpaired) electrons. The second-order valence-electron chi connectivity index (χ2n) is 8.36. The number of hydrogen-bond donors (Lipinski definition) is 0. The molecule has 5 heteroatoms. The smallest absolute Gasteiger partial charge is 0.278 e. The van der Waals surface area contributed by atoms with E-state index in [1.165, 1.54) is 5.56 Å². The van der Waals surface area contributed by atoms with E-state index in [0.717, 1.165) is 38.6 Å². The topological polar surface area (TPSA) is 48.1 Å². The number of nitro benzene ring substituents is 1. The van der Waals surface area contributed by atoms with Crippen molar-refractivity contribution in [3.63, 3.8) is 0 Å². The van der Waals surface area contributed by atoms with E-state index < -0.39 is 0 Å². The molecule has 0 fully saturated rings. The molecule has 168 valence electrons. The zero-order valence-corrected chi connectivity index (χ0v) is 20.1. The van der Waals surface area contributed by atoms with Crippen LogP contribution in [-0.4, -0.2) is 9.49 Å². The molecule has 0 amide bonds. The second kappa shape index (κ2) is 8.53. The third kappa shape index (κ3) is 3.52. The van der Waals surface area contributed by atoms with Crippen molar-refractivity contribution in [1.82, 2.24) is 4.57 Å². The molecule has 6 aromatic rings. The first kappa shape index (κ1) is 21.3. The van der Waals surface area contributed by atoms with Gasteiger partial charge in [-0.25, -0.2) is 0 Å². The van der Waals surface area contributed by atoms with Crippen molar-refractivity contribution in [2.75, 3.05) is 0 Å². The highest BCUT2D eigenvalue weighted by atomic mass is 79.9. The van der Waals surface area contributed by atoms with Crippen LogP contribution in [0.15, 0.2) is 120 Å². The summed E-state index contributed by atoms with van der Waals surface area (Å²) in [6.07, 6.45) is 0. The van der Waals surface area contributed by atoms with Gasteiger partial charge in [-0.2, -0.15) is 0 Å². The molecule has 0 atom stereocenters. The van der Waals surface area contributed by atoms with Gasteiger partial charge < -0.3 is 4.57 Å². The van der Waals surface area contributed by atoms with Crippen molar-refractivity contribution >= 4 is 43.4 Å². The fraction of sp³-hybridized carbons (Fsp3) is 0. The summed E-state index contributed by atoms with van der Waals surface area (Å²) in [6.45, 7) is 0. The number of halogens is 1. The van der Waals surface area contributed by atoms with E-state index in [-0.39, 0.29) is 10.6 Å². The zero-order chi connectivity index (χ0) is 23.9. The molecule has 0 unspecified atom stereocenters. The third-order valence-corrected chi connectivity index (χ3v) is 7.05. The Labute approximate surface area is 210 Å². The predicted octanol–water partition coefficient (Wildman–Crippen LogP) is 8.79. The van der Waals surface area contributed by atoms with Gasteiger partial charge in [0.15, 0.2) is 0 Å². The van der Waals surface area contributed by atoms with Crippen LogP contribution in [0.3, 0.4) is 0 Å². The van der Waals surface area contributed by atoms with Gasteiger partial charge in [0.2, 0.25) is 0 Å². The maximum atomic E-state index is 11.9. The normalized spacial score (nSPS) is 11.2. The summed E-state index contributed by atoms with van der Waals surface area (Å²) in [4.78, 5) is 11.6. The fourth-order valence-corrected chi connectivity index (χ4v) is 5.44. The van der Waals surface area contributed by atoms with Gasteiger partial charge in [-0.1, -0.05) is 78.9 Å². The maximum Gasteiger partial charge on any atom is 0.278 e. The number of fused-ring (bicyclic) bond motifs is 3. The van der Waals surface area contributed by atoms with E-state index in [1.807, 2.05) is 48.5 Å². The first-order chi connectivity index (χ1) is 17.1.